The number of carboxylic acids is 2. The molecule has 1 saturated heterocycles. The lowest BCUT2D eigenvalue weighted by Crippen LogP contribution is -2.41. The van der Waals surface area contributed by atoms with Gasteiger partial charge < -0.3 is 10.2 Å². The van der Waals surface area contributed by atoms with Crippen LogP contribution in [0.25, 0.3) is 6.08 Å². The van der Waals surface area contributed by atoms with Crippen molar-refractivity contribution in [1.29, 1.82) is 0 Å². The Labute approximate surface area is 135 Å². The number of amides is 1. The van der Waals surface area contributed by atoms with Gasteiger partial charge in [0, 0.05) is 0 Å². The molecule has 1 aromatic carbocycles. The first-order chi connectivity index (χ1) is 10.3. The Morgan fingerprint density at radius 1 is 1.27 bits per heavy atom. The first-order valence-corrected chi connectivity index (χ1v) is 7.37. The summed E-state index contributed by atoms with van der Waals surface area (Å²) in [5, 5.41) is 17.8. The lowest BCUT2D eigenvalue weighted by Gasteiger charge is -2.18. The van der Waals surface area contributed by atoms with Gasteiger partial charge in [-0.25, -0.2) is 9.59 Å². The molecule has 0 bridgehead atoms. The predicted octanol–water partition coefficient (Wildman–Crippen LogP) is 2.06. The Hall–Kier alpha value is -2.19. The van der Waals surface area contributed by atoms with Gasteiger partial charge in [0.15, 0.2) is 0 Å². The van der Waals surface area contributed by atoms with Crippen molar-refractivity contribution in [3.05, 3.63) is 40.3 Å². The van der Waals surface area contributed by atoms with Crippen LogP contribution in [0.2, 0.25) is 0 Å². The molecule has 22 heavy (non-hydrogen) atoms. The number of hydrogen-bond acceptors (Lipinski definition) is 5. The summed E-state index contributed by atoms with van der Waals surface area (Å²) in [5.74, 6) is -2.64. The van der Waals surface area contributed by atoms with Gasteiger partial charge >= 0.3 is 11.9 Å². The molecule has 1 atom stereocenters. The van der Waals surface area contributed by atoms with Gasteiger partial charge in [0.2, 0.25) is 0 Å². The van der Waals surface area contributed by atoms with Crippen LogP contribution in [0, 0.1) is 0 Å². The zero-order valence-electron chi connectivity index (χ0n) is 11.3. The molecule has 1 aliphatic heterocycles. The lowest BCUT2D eigenvalue weighted by molar-refractivity contribution is -0.144. The fourth-order valence-electron chi connectivity index (χ4n) is 1.80. The monoisotopic (exact) mass is 337 g/mol. The molecule has 1 amide bonds. The topological polar surface area (TPSA) is 94.9 Å². The molecule has 1 unspecified atom stereocenters. The number of carboxylic acid groups (broad SMARTS) is 2. The van der Waals surface area contributed by atoms with Crippen LogP contribution in [0.4, 0.5) is 0 Å². The number of benzene rings is 1. The number of aromatic carboxylic acids is 1. The van der Waals surface area contributed by atoms with Crippen molar-refractivity contribution in [2.24, 2.45) is 0 Å². The molecule has 8 heteroatoms. The third-order valence-corrected chi connectivity index (χ3v) is 4.35. The van der Waals surface area contributed by atoms with E-state index >= 15 is 0 Å². The van der Waals surface area contributed by atoms with E-state index in [-0.39, 0.29) is 9.88 Å². The van der Waals surface area contributed by atoms with Crippen molar-refractivity contribution in [1.82, 2.24) is 4.90 Å². The number of thioether (sulfide) groups is 1. The molecule has 6 nitrogen and oxygen atoms in total. The smallest absolute Gasteiger partial charge is 0.335 e. The number of carbonyl (C=O) groups is 3. The Morgan fingerprint density at radius 2 is 1.86 bits per heavy atom. The van der Waals surface area contributed by atoms with Gasteiger partial charge in [-0.1, -0.05) is 36.1 Å². The lowest BCUT2D eigenvalue weighted by atomic mass is 10.1. The summed E-state index contributed by atoms with van der Waals surface area (Å²) < 4.78 is 0.188. The Morgan fingerprint density at radius 3 is 2.36 bits per heavy atom. The molecule has 114 valence electrons. The van der Waals surface area contributed by atoms with Crippen LogP contribution in [0.3, 0.4) is 0 Å². The van der Waals surface area contributed by atoms with Gasteiger partial charge in [-0.2, -0.15) is 0 Å². The van der Waals surface area contributed by atoms with Crippen molar-refractivity contribution in [3.8, 4) is 0 Å². The fourth-order valence-corrected chi connectivity index (χ4v) is 3.22. The number of thiocarbonyl (C=S) groups is 1. The highest BCUT2D eigenvalue weighted by Crippen LogP contribution is 2.33. The maximum Gasteiger partial charge on any atom is 0.335 e. The number of hydrogen-bond donors (Lipinski definition) is 2. The summed E-state index contributed by atoms with van der Waals surface area (Å²) in [4.78, 5) is 35.4. The fraction of sp³-hybridized carbons (Fsp3) is 0.143. The molecule has 2 rings (SSSR count). The van der Waals surface area contributed by atoms with E-state index in [9.17, 15) is 14.4 Å². The van der Waals surface area contributed by atoms with E-state index in [1.165, 1.54) is 19.1 Å². The van der Waals surface area contributed by atoms with Gasteiger partial charge in [-0.15, -0.1) is 0 Å². The van der Waals surface area contributed by atoms with Gasteiger partial charge in [0.05, 0.1) is 10.5 Å². The maximum absolute atomic E-state index is 12.2. The zero-order chi connectivity index (χ0) is 16.4. The molecular weight excluding hydrogens is 326 g/mol. The summed E-state index contributed by atoms with van der Waals surface area (Å²) in [6, 6.07) is 4.95. The summed E-state index contributed by atoms with van der Waals surface area (Å²) in [5.41, 5.74) is 0.776. The normalized spacial score (nSPS) is 17.9. The molecule has 1 fully saturated rings. The average Bonchev–Trinajstić information content (AvgIpc) is 2.73. The summed E-state index contributed by atoms with van der Waals surface area (Å²) >= 11 is 6.07. The minimum Gasteiger partial charge on any atom is -0.480 e. The van der Waals surface area contributed by atoms with Crippen molar-refractivity contribution >= 4 is 52.2 Å². The third kappa shape index (κ3) is 3.18. The second-order valence-electron chi connectivity index (χ2n) is 4.49. The van der Waals surface area contributed by atoms with Gasteiger partial charge in [0.1, 0.15) is 10.4 Å². The second kappa shape index (κ2) is 6.29. The van der Waals surface area contributed by atoms with E-state index in [1.807, 2.05) is 0 Å². The molecule has 0 radical (unpaired) electrons. The zero-order valence-corrected chi connectivity index (χ0v) is 13.0. The highest BCUT2D eigenvalue weighted by molar-refractivity contribution is 8.26. The minimum absolute atomic E-state index is 0.143. The van der Waals surface area contributed by atoms with Crippen LogP contribution in [0.5, 0.6) is 0 Å². The van der Waals surface area contributed by atoms with E-state index < -0.39 is 23.9 Å². The van der Waals surface area contributed by atoms with E-state index in [0.29, 0.717) is 10.5 Å². The maximum atomic E-state index is 12.2. The Bertz CT molecular complexity index is 696. The van der Waals surface area contributed by atoms with Crippen LogP contribution in [-0.2, 0) is 9.59 Å². The largest absolute Gasteiger partial charge is 0.480 e. The quantitative estimate of drug-likeness (QED) is 0.641. The molecule has 1 aliphatic rings. The van der Waals surface area contributed by atoms with Crippen molar-refractivity contribution in [2.75, 3.05) is 0 Å². The van der Waals surface area contributed by atoms with Crippen molar-refractivity contribution in [2.45, 2.75) is 13.0 Å². The first-order valence-electron chi connectivity index (χ1n) is 6.14. The van der Waals surface area contributed by atoms with E-state index in [0.717, 1.165) is 16.7 Å². The molecule has 1 heterocycles. The molecule has 0 aliphatic carbocycles. The van der Waals surface area contributed by atoms with E-state index in [2.05, 4.69) is 0 Å². The van der Waals surface area contributed by atoms with Crippen LogP contribution in [0.15, 0.2) is 29.2 Å². The molecule has 0 spiro atoms. The van der Waals surface area contributed by atoms with Crippen LogP contribution in [-0.4, -0.2) is 43.3 Å². The number of carbonyl (C=O) groups excluding carboxylic acids is 1. The first kappa shape index (κ1) is 16.2. The van der Waals surface area contributed by atoms with Crippen molar-refractivity contribution < 1.29 is 24.6 Å². The average molecular weight is 337 g/mol. The second-order valence-corrected chi connectivity index (χ2v) is 6.17. The summed E-state index contributed by atoms with van der Waals surface area (Å²) in [6.45, 7) is 1.39. The van der Waals surface area contributed by atoms with Crippen LogP contribution < -0.4 is 0 Å². The summed E-state index contributed by atoms with van der Waals surface area (Å²) in [6.07, 6.45) is 1.56. The highest BCUT2D eigenvalue weighted by atomic mass is 32.2. The number of nitrogens with zero attached hydrogens (tertiary/aromatic N) is 1. The minimum atomic E-state index is -1.14. The molecule has 2 N–H and O–H groups in total. The van der Waals surface area contributed by atoms with Crippen LogP contribution >= 0.6 is 24.0 Å². The van der Waals surface area contributed by atoms with Gasteiger partial charge in [-0.05, 0) is 30.7 Å². The number of rotatable bonds is 4. The van der Waals surface area contributed by atoms with Crippen LogP contribution in [0.1, 0.15) is 22.8 Å². The Balaban J connectivity index is 2.26. The summed E-state index contributed by atoms with van der Waals surface area (Å²) in [7, 11) is 0. The van der Waals surface area contributed by atoms with E-state index in [1.54, 1.807) is 18.2 Å². The third-order valence-electron chi connectivity index (χ3n) is 3.02. The number of aliphatic carboxylic acids is 1. The highest BCUT2D eigenvalue weighted by Gasteiger charge is 2.38. The molecular formula is C14H11NO5S2. The predicted molar refractivity (Wildman–Crippen MR) is 85.5 cm³/mol. The molecule has 0 aromatic heterocycles. The standard InChI is InChI=1S/C14H11NO5S2/c1-7(12(17)18)15-11(16)10(22-14(15)21)6-8-2-4-9(5-3-8)13(19)20/h2-7H,1H3,(H,17,18)(H,19,20). The van der Waals surface area contributed by atoms with Crippen molar-refractivity contribution in [3.63, 3.8) is 0 Å². The van der Waals surface area contributed by atoms with E-state index in [4.69, 9.17) is 22.4 Å². The van der Waals surface area contributed by atoms with Gasteiger partial charge in [-0.3, -0.25) is 9.69 Å². The molecule has 0 saturated carbocycles. The Kier molecular flexibility index (Phi) is 4.62. The molecule has 1 aromatic rings. The SMILES string of the molecule is CC(C(=O)O)N1C(=O)C(=Cc2ccc(C(=O)O)cc2)SC1=S. The van der Waals surface area contributed by atoms with Gasteiger partial charge in [0.25, 0.3) is 5.91 Å².